The van der Waals surface area contributed by atoms with Crippen LogP contribution in [0.1, 0.15) is 0 Å². The third kappa shape index (κ3) is 3.20. The lowest BCUT2D eigenvalue weighted by Gasteiger charge is -2.10. The lowest BCUT2D eigenvalue weighted by atomic mass is 10.3. The number of anilines is 1. The molecule has 106 valence electrons. The SMILES string of the molecule is O=S(=O)(Nc1cc(F)ccc1F)c1cc(Cl)ccc1Cl. The summed E-state index contributed by atoms with van der Waals surface area (Å²) in [5, 5.41) is 0.0631. The van der Waals surface area contributed by atoms with Crippen molar-refractivity contribution in [2.75, 3.05) is 4.72 Å². The molecule has 1 N–H and O–H groups in total. The van der Waals surface area contributed by atoms with Gasteiger partial charge in [-0.15, -0.1) is 0 Å². The van der Waals surface area contributed by atoms with Crippen LogP contribution in [0.5, 0.6) is 0 Å². The first-order chi connectivity index (χ1) is 9.29. The Bertz CT molecular complexity index is 766. The first-order valence-corrected chi connectivity index (χ1v) is 7.46. The molecule has 20 heavy (non-hydrogen) atoms. The molecule has 0 saturated heterocycles. The summed E-state index contributed by atoms with van der Waals surface area (Å²) in [6, 6.07) is 6.23. The molecule has 0 fully saturated rings. The van der Waals surface area contributed by atoms with Crippen LogP contribution in [0.3, 0.4) is 0 Å². The molecule has 0 heterocycles. The third-order valence-corrected chi connectivity index (χ3v) is 4.44. The normalized spacial score (nSPS) is 11.4. The average molecular weight is 338 g/mol. The molecule has 0 unspecified atom stereocenters. The van der Waals surface area contributed by atoms with E-state index in [9.17, 15) is 17.2 Å². The van der Waals surface area contributed by atoms with Crippen LogP contribution >= 0.6 is 23.2 Å². The van der Waals surface area contributed by atoms with Gasteiger partial charge in [0, 0.05) is 11.1 Å². The minimum Gasteiger partial charge on any atom is -0.276 e. The van der Waals surface area contributed by atoms with Gasteiger partial charge in [-0.05, 0) is 30.3 Å². The number of nitrogens with one attached hydrogen (secondary N) is 1. The molecule has 2 aromatic rings. The average Bonchev–Trinajstić information content (AvgIpc) is 2.36. The highest BCUT2D eigenvalue weighted by atomic mass is 35.5. The van der Waals surface area contributed by atoms with E-state index >= 15 is 0 Å². The summed E-state index contributed by atoms with van der Waals surface area (Å²) in [7, 11) is -4.18. The number of sulfonamides is 1. The van der Waals surface area contributed by atoms with E-state index in [1.165, 1.54) is 12.1 Å². The number of benzene rings is 2. The molecule has 0 bridgehead atoms. The van der Waals surface area contributed by atoms with Crippen LogP contribution in [0.15, 0.2) is 41.3 Å². The highest BCUT2D eigenvalue weighted by molar-refractivity contribution is 7.92. The van der Waals surface area contributed by atoms with Crippen molar-refractivity contribution < 1.29 is 17.2 Å². The number of rotatable bonds is 3. The highest BCUT2D eigenvalue weighted by Crippen LogP contribution is 2.27. The molecular formula is C12H7Cl2F2NO2S. The van der Waals surface area contributed by atoms with Gasteiger partial charge in [0.2, 0.25) is 0 Å². The lowest BCUT2D eigenvalue weighted by molar-refractivity contribution is 0.594. The van der Waals surface area contributed by atoms with Crippen LogP contribution < -0.4 is 4.72 Å². The molecule has 0 amide bonds. The Hall–Kier alpha value is -1.37. The van der Waals surface area contributed by atoms with Crippen molar-refractivity contribution >= 4 is 38.9 Å². The molecule has 0 aliphatic rings. The first-order valence-electron chi connectivity index (χ1n) is 5.22. The number of hydrogen-bond donors (Lipinski definition) is 1. The van der Waals surface area contributed by atoms with Gasteiger partial charge in [0.15, 0.2) is 0 Å². The van der Waals surface area contributed by atoms with Gasteiger partial charge in [-0.1, -0.05) is 23.2 Å². The van der Waals surface area contributed by atoms with Crippen molar-refractivity contribution in [1.82, 2.24) is 0 Å². The van der Waals surface area contributed by atoms with Crippen molar-refractivity contribution in [3.05, 3.63) is 58.1 Å². The van der Waals surface area contributed by atoms with E-state index in [1.807, 2.05) is 4.72 Å². The Balaban J connectivity index is 2.46. The molecular weight excluding hydrogens is 331 g/mol. The fraction of sp³-hybridized carbons (Fsp3) is 0. The molecule has 0 saturated carbocycles. The molecule has 8 heteroatoms. The van der Waals surface area contributed by atoms with Crippen molar-refractivity contribution in [1.29, 1.82) is 0 Å². The van der Waals surface area contributed by atoms with Gasteiger partial charge < -0.3 is 0 Å². The molecule has 3 nitrogen and oxygen atoms in total. The molecule has 0 aliphatic heterocycles. The minimum absolute atomic E-state index is 0.0845. The molecule has 0 aromatic heterocycles. The maximum atomic E-state index is 13.4. The maximum absolute atomic E-state index is 13.4. The standard InChI is InChI=1S/C12H7Cl2F2NO2S/c13-7-1-3-9(14)12(5-7)20(18,19)17-11-6-8(15)2-4-10(11)16/h1-6,17H. The Morgan fingerprint density at radius 2 is 1.70 bits per heavy atom. The zero-order valence-electron chi connectivity index (χ0n) is 9.70. The van der Waals surface area contributed by atoms with Gasteiger partial charge in [-0.25, -0.2) is 17.2 Å². The van der Waals surface area contributed by atoms with Gasteiger partial charge in [0.05, 0.1) is 10.7 Å². The second-order valence-corrected chi connectivity index (χ2v) is 6.30. The van der Waals surface area contributed by atoms with Crippen molar-refractivity contribution in [3.8, 4) is 0 Å². The Kier molecular flexibility index (Phi) is 4.17. The maximum Gasteiger partial charge on any atom is 0.263 e. The van der Waals surface area contributed by atoms with Gasteiger partial charge in [-0.3, -0.25) is 4.72 Å². The number of halogens is 4. The molecule has 0 aliphatic carbocycles. The van der Waals surface area contributed by atoms with Crippen molar-refractivity contribution in [3.63, 3.8) is 0 Å². The molecule has 2 aromatic carbocycles. The highest BCUT2D eigenvalue weighted by Gasteiger charge is 2.20. The quantitative estimate of drug-likeness (QED) is 0.917. The topological polar surface area (TPSA) is 46.2 Å². The second kappa shape index (κ2) is 5.55. The lowest BCUT2D eigenvalue weighted by Crippen LogP contribution is -2.14. The van der Waals surface area contributed by atoms with Crippen LogP contribution in [0, 0.1) is 11.6 Å². The molecule has 0 spiro atoms. The van der Waals surface area contributed by atoms with Crippen LogP contribution in [-0.2, 0) is 10.0 Å². The fourth-order valence-corrected chi connectivity index (χ4v) is 3.28. The summed E-state index contributed by atoms with van der Waals surface area (Å²) in [4.78, 5) is -0.324. The van der Waals surface area contributed by atoms with E-state index in [0.717, 1.165) is 24.3 Å². The van der Waals surface area contributed by atoms with Gasteiger partial charge in [0.25, 0.3) is 10.0 Å². The summed E-state index contributed by atoms with van der Waals surface area (Å²) in [6.45, 7) is 0. The summed E-state index contributed by atoms with van der Waals surface area (Å²) in [5.74, 6) is -1.69. The minimum atomic E-state index is -4.18. The van der Waals surface area contributed by atoms with Crippen molar-refractivity contribution in [2.45, 2.75) is 4.90 Å². The summed E-state index contributed by atoms with van der Waals surface area (Å²) >= 11 is 11.5. The summed E-state index contributed by atoms with van der Waals surface area (Å²) in [5.41, 5.74) is -0.513. The van der Waals surface area contributed by atoms with E-state index in [0.29, 0.717) is 0 Å². The summed E-state index contributed by atoms with van der Waals surface area (Å²) in [6.07, 6.45) is 0. The largest absolute Gasteiger partial charge is 0.276 e. The van der Waals surface area contributed by atoms with Crippen LogP contribution in [0.2, 0.25) is 10.0 Å². The van der Waals surface area contributed by atoms with E-state index in [-0.39, 0.29) is 14.9 Å². The smallest absolute Gasteiger partial charge is 0.263 e. The Morgan fingerprint density at radius 1 is 1.00 bits per heavy atom. The van der Waals surface area contributed by atoms with Gasteiger partial charge in [0.1, 0.15) is 16.5 Å². The van der Waals surface area contributed by atoms with E-state index in [4.69, 9.17) is 23.2 Å². The van der Waals surface area contributed by atoms with E-state index in [1.54, 1.807) is 0 Å². The first kappa shape index (κ1) is 15.0. The van der Waals surface area contributed by atoms with Crippen LogP contribution in [-0.4, -0.2) is 8.42 Å². The predicted molar refractivity (Wildman–Crippen MR) is 73.6 cm³/mol. The Morgan fingerprint density at radius 3 is 2.40 bits per heavy atom. The van der Waals surface area contributed by atoms with Crippen molar-refractivity contribution in [2.24, 2.45) is 0 Å². The fourth-order valence-electron chi connectivity index (χ4n) is 1.46. The molecule has 0 radical (unpaired) electrons. The van der Waals surface area contributed by atoms with E-state index in [2.05, 4.69) is 0 Å². The zero-order valence-corrected chi connectivity index (χ0v) is 12.0. The molecule has 0 atom stereocenters. The monoisotopic (exact) mass is 337 g/mol. The van der Waals surface area contributed by atoms with Crippen LogP contribution in [0.25, 0.3) is 0 Å². The van der Waals surface area contributed by atoms with Crippen LogP contribution in [0.4, 0.5) is 14.5 Å². The Labute approximate surface area is 124 Å². The second-order valence-electron chi connectivity index (χ2n) is 3.80. The number of hydrogen-bond acceptors (Lipinski definition) is 2. The van der Waals surface area contributed by atoms with Gasteiger partial charge in [-0.2, -0.15) is 0 Å². The summed E-state index contributed by atoms with van der Waals surface area (Å²) < 4.78 is 52.6. The zero-order chi connectivity index (χ0) is 14.9. The van der Waals surface area contributed by atoms with Gasteiger partial charge >= 0.3 is 0 Å². The third-order valence-electron chi connectivity index (χ3n) is 2.36. The molecule has 2 rings (SSSR count). The van der Waals surface area contributed by atoms with E-state index < -0.39 is 27.3 Å². The predicted octanol–water partition coefficient (Wildman–Crippen LogP) is 4.07.